The topological polar surface area (TPSA) is 153 Å². The first-order valence-corrected chi connectivity index (χ1v) is 23.0. The molecule has 0 radical (unpaired) electrons. The van der Waals surface area contributed by atoms with Crippen molar-refractivity contribution in [2.45, 2.75) is 77.2 Å². The molecule has 0 bridgehead atoms. The Morgan fingerprint density at radius 2 is 0.822 bits per heavy atom. The maximum Gasteiger partial charge on any atom is 2.00 e. The summed E-state index contributed by atoms with van der Waals surface area (Å²) in [5.41, 5.74) is 6.38. The Hall–Kier alpha value is -7.25. The van der Waals surface area contributed by atoms with Crippen molar-refractivity contribution >= 4 is 57.1 Å². The molecule has 0 fully saturated rings. The number of para-hydroxylation sites is 6. The van der Waals surface area contributed by atoms with E-state index < -0.39 is 24.7 Å². The number of rotatable bonds is 22. The molecule has 0 N–H and O–H groups in total. The van der Waals surface area contributed by atoms with Crippen molar-refractivity contribution in [1.29, 1.82) is 0 Å². The van der Waals surface area contributed by atoms with E-state index in [0.29, 0.717) is 86.3 Å². The number of ether oxygens (including phenoxy) is 4. The van der Waals surface area contributed by atoms with Gasteiger partial charge in [0.25, 0.3) is 0 Å². The number of halogens is 6. The Labute approximate surface area is 432 Å². The van der Waals surface area contributed by atoms with Crippen LogP contribution >= 0.6 is 0 Å². The molecule has 0 atom stereocenters. The summed E-state index contributed by atoms with van der Waals surface area (Å²) in [4.78, 5) is 30.5. The number of carbonyl (C=O) groups is 2. The largest absolute Gasteiger partial charge is 2.00 e. The second-order valence-corrected chi connectivity index (χ2v) is 16.4. The number of aliphatic carboxylic acids is 2. The number of aromatic nitrogens is 4. The predicted molar refractivity (Wildman–Crippen MR) is 258 cm³/mol. The molecule has 2 heterocycles. The monoisotopic (exact) mass is 1020 g/mol. The van der Waals surface area contributed by atoms with E-state index in [-0.39, 0.29) is 47.4 Å². The SMILES string of the molecule is O=C([O-])CCCCCOc1ccccc1Cn1c(-c2ccc(OC(F)(F)F)cc2)nc2ccccc21.O=C([O-])CCCCCOc1ccccc1Cn1c(-c2ccc(OC(F)(F)F)cc2)nc2ccccc21.[Mg+2]. The molecule has 0 aliphatic heterocycles. The van der Waals surface area contributed by atoms with Crippen LogP contribution < -0.4 is 29.2 Å². The molecular weight excluding hydrogens is 971 g/mol. The van der Waals surface area contributed by atoms with Gasteiger partial charge in [0, 0.05) is 34.2 Å². The number of benzene rings is 6. The average Bonchev–Trinajstić information content (AvgIpc) is 3.90. The van der Waals surface area contributed by atoms with Gasteiger partial charge in [0.15, 0.2) is 0 Å². The molecule has 0 unspecified atom stereocenters. The van der Waals surface area contributed by atoms with Crippen molar-refractivity contribution in [2.24, 2.45) is 0 Å². The second-order valence-electron chi connectivity index (χ2n) is 16.4. The minimum atomic E-state index is -4.76. The number of hydrogen-bond donors (Lipinski definition) is 0. The van der Waals surface area contributed by atoms with Gasteiger partial charge in [-0.05, 0) is 136 Å². The van der Waals surface area contributed by atoms with E-state index in [1.165, 1.54) is 24.3 Å². The Balaban J connectivity index is 0.000000235. The summed E-state index contributed by atoms with van der Waals surface area (Å²) >= 11 is 0. The molecule has 19 heteroatoms. The van der Waals surface area contributed by atoms with E-state index in [9.17, 15) is 46.1 Å². The number of carbonyl (C=O) groups excluding carboxylic acids is 2. The molecule has 73 heavy (non-hydrogen) atoms. The van der Waals surface area contributed by atoms with Crippen LogP contribution in [0.4, 0.5) is 26.3 Å². The fourth-order valence-corrected chi connectivity index (χ4v) is 7.88. The van der Waals surface area contributed by atoms with E-state index in [2.05, 4.69) is 9.47 Å². The van der Waals surface area contributed by atoms with Gasteiger partial charge in [0.2, 0.25) is 0 Å². The smallest absolute Gasteiger partial charge is 0.550 e. The zero-order valence-electron chi connectivity index (χ0n) is 39.4. The zero-order chi connectivity index (χ0) is 51.1. The van der Waals surface area contributed by atoms with E-state index in [0.717, 1.165) is 46.0 Å². The van der Waals surface area contributed by atoms with Crippen molar-refractivity contribution < 1.29 is 65.1 Å². The standard InChI is InChI=1S/2C27H25F3N2O4.Mg/c2*28-27(29,30)36-21-15-13-19(14-16-21)26-31-22-9-4-5-10-23(22)32(26)18-20-8-3-6-11-24(20)35-17-7-1-2-12-25(33)34;/h2*3-6,8-11,13-16H,1-2,7,12,17-18H2,(H,33,34);/q;;+2/p-2. The zero-order valence-corrected chi connectivity index (χ0v) is 40.8. The molecule has 0 amide bonds. The van der Waals surface area contributed by atoms with Crippen molar-refractivity contribution in [2.75, 3.05) is 13.2 Å². The van der Waals surface area contributed by atoms with Crippen molar-refractivity contribution in [3.05, 3.63) is 157 Å². The first-order chi connectivity index (χ1) is 34.6. The molecule has 6 aromatic carbocycles. The number of nitrogens with zero attached hydrogens (tertiary/aromatic N) is 4. The molecule has 0 aliphatic carbocycles. The molecule has 0 saturated carbocycles. The Kier molecular flexibility index (Phi) is 19.6. The summed E-state index contributed by atoms with van der Waals surface area (Å²) < 4.78 is 99.3. The summed E-state index contributed by atoms with van der Waals surface area (Å²) in [6.45, 7) is 1.75. The van der Waals surface area contributed by atoms with Crippen molar-refractivity contribution in [3.63, 3.8) is 0 Å². The van der Waals surface area contributed by atoms with Gasteiger partial charge in [-0.2, -0.15) is 0 Å². The molecule has 0 aliphatic rings. The van der Waals surface area contributed by atoms with Crippen LogP contribution in [0, 0.1) is 0 Å². The van der Waals surface area contributed by atoms with Crippen molar-refractivity contribution in [1.82, 2.24) is 19.1 Å². The maximum atomic E-state index is 12.6. The molecule has 8 aromatic rings. The van der Waals surface area contributed by atoms with Crippen LogP contribution in [-0.2, 0) is 22.7 Å². The molecule has 12 nitrogen and oxygen atoms in total. The van der Waals surface area contributed by atoms with Gasteiger partial charge in [0.1, 0.15) is 34.6 Å². The third kappa shape index (κ3) is 16.4. The maximum absolute atomic E-state index is 12.6. The molecule has 8 rings (SSSR count). The fourth-order valence-electron chi connectivity index (χ4n) is 7.88. The number of carboxylic acid groups (broad SMARTS) is 2. The Morgan fingerprint density at radius 1 is 0.466 bits per heavy atom. The van der Waals surface area contributed by atoms with E-state index in [1.807, 2.05) is 106 Å². The Bertz CT molecular complexity index is 2850. The van der Waals surface area contributed by atoms with Gasteiger partial charge in [-0.15, -0.1) is 26.3 Å². The fraction of sp³-hybridized carbons (Fsp3) is 0.259. The van der Waals surface area contributed by atoms with E-state index in [1.54, 1.807) is 24.3 Å². The van der Waals surface area contributed by atoms with E-state index >= 15 is 0 Å². The summed E-state index contributed by atoms with van der Waals surface area (Å²) in [6.07, 6.45) is -5.47. The van der Waals surface area contributed by atoms with Crippen LogP contribution in [0.1, 0.15) is 62.5 Å². The second kappa shape index (κ2) is 25.9. The quantitative estimate of drug-likeness (QED) is 0.0364. The molecule has 0 spiro atoms. The van der Waals surface area contributed by atoms with Gasteiger partial charge >= 0.3 is 35.8 Å². The van der Waals surface area contributed by atoms with Gasteiger partial charge in [-0.1, -0.05) is 60.7 Å². The first kappa shape index (κ1) is 55.1. The summed E-state index contributed by atoms with van der Waals surface area (Å²) in [5, 5.41) is 21.1. The number of hydrogen-bond acceptors (Lipinski definition) is 10. The number of alkyl halides is 6. The third-order valence-electron chi connectivity index (χ3n) is 11.2. The normalized spacial score (nSPS) is 11.4. The van der Waals surface area contributed by atoms with Crippen molar-refractivity contribution in [3.8, 4) is 45.8 Å². The molecule has 376 valence electrons. The van der Waals surface area contributed by atoms with Crippen LogP contribution in [0.15, 0.2) is 146 Å². The predicted octanol–water partition coefficient (Wildman–Crippen LogP) is 10.3. The third-order valence-corrected chi connectivity index (χ3v) is 11.2. The number of carboxylic acids is 2. The van der Waals surface area contributed by atoms with Crippen LogP contribution in [0.25, 0.3) is 44.8 Å². The van der Waals surface area contributed by atoms with Gasteiger partial charge < -0.3 is 47.9 Å². The van der Waals surface area contributed by atoms with Gasteiger partial charge in [0.05, 0.1) is 48.4 Å². The summed E-state index contributed by atoms with van der Waals surface area (Å²) in [7, 11) is 0. The number of fused-ring (bicyclic) bond motifs is 2. The molecule has 2 aromatic heterocycles. The number of imidazole rings is 2. The average molecular weight is 1020 g/mol. The Morgan fingerprint density at radius 3 is 1.19 bits per heavy atom. The van der Waals surface area contributed by atoms with Gasteiger partial charge in [-0.25, -0.2) is 9.97 Å². The minimum absolute atomic E-state index is 0. The minimum Gasteiger partial charge on any atom is -0.550 e. The molecular formula is C54H48F6MgN4O8. The van der Waals surface area contributed by atoms with Crippen LogP contribution in [0.3, 0.4) is 0 Å². The summed E-state index contributed by atoms with van der Waals surface area (Å²) in [5.74, 6) is -0.0809. The van der Waals surface area contributed by atoms with Crippen LogP contribution in [0.5, 0.6) is 23.0 Å². The van der Waals surface area contributed by atoms with Crippen LogP contribution in [-0.4, -0.2) is 80.0 Å². The van der Waals surface area contributed by atoms with Crippen LogP contribution in [0.2, 0.25) is 0 Å². The summed E-state index contributed by atoms with van der Waals surface area (Å²) in [6, 6.07) is 41.7. The molecule has 0 saturated heterocycles. The number of unbranched alkanes of at least 4 members (excludes halogenated alkanes) is 4. The van der Waals surface area contributed by atoms with Gasteiger partial charge in [-0.3, -0.25) is 0 Å². The van der Waals surface area contributed by atoms with E-state index in [4.69, 9.17) is 19.4 Å². The first-order valence-electron chi connectivity index (χ1n) is 23.0.